The van der Waals surface area contributed by atoms with Gasteiger partial charge in [-0.25, -0.2) is 0 Å². The second-order valence-electron chi connectivity index (χ2n) is 7.87. The van der Waals surface area contributed by atoms with E-state index in [-0.39, 0.29) is 11.8 Å². The minimum Gasteiger partial charge on any atom is -0.356 e. The van der Waals surface area contributed by atoms with E-state index in [0.717, 1.165) is 58.1 Å². The van der Waals surface area contributed by atoms with Gasteiger partial charge in [-0.05, 0) is 46.4 Å². The first-order valence-corrected chi connectivity index (χ1v) is 11.6. The van der Waals surface area contributed by atoms with Crippen molar-refractivity contribution in [3.8, 4) is 22.5 Å². The summed E-state index contributed by atoms with van der Waals surface area (Å²) in [6.07, 6.45) is 3.85. The van der Waals surface area contributed by atoms with Crippen LogP contribution in [0.1, 0.15) is 41.6 Å². The maximum atomic E-state index is 12.6. The van der Waals surface area contributed by atoms with Crippen molar-refractivity contribution in [3.05, 3.63) is 59.1 Å². The molecule has 2 heterocycles. The Morgan fingerprint density at radius 1 is 1.06 bits per heavy atom. The van der Waals surface area contributed by atoms with Crippen LogP contribution in [0.3, 0.4) is 0 Å². The molecule has 0 amide bonds. The fraction of sp³-hybridized carbons (Fsp3) is 0.304. The van der Waals surface area contributed by atoms with Gasteiger partial charge in [0.2, 0.25) is 5.13 Å². The van der Waals surface area contributed by atoms with E-state index in [1.807, 2.05) is 24.3 Å². The zero-order valence-corrected chi connectivity index (χ0v) is 18.5. The highest BCUT2D eigenvalue weighted by Crippen LogP contribution is 2.34. The van der Waals surface area contributed by atoms with Gasteiger partial charge in [0.1, 0.15) is 5.01 Å². The minimum absolute atomic E-state index is 0.0278. The van der Waals surface area contributed by atoms with E-state index in [0.29, 0.717) is 12.4 Å². The number of aromatic nitrogens is 6. The largest absolute Gasteiger partial charge is 0.356 e. The van der Waals surface area contributed by atoms with Crippen LogP contribution in [0.25, 0.3) is 22.5 Å². The molecule has 5 rings (SSSR count). The third kappa shape index (κ3) is 4.29. The third-order valence-electron chi connectivity index (χ3n) is 5.41. The number of rotatable bonds is 8. The summed E-state index contributed by atoms with van der Waals surface area (Å²) >= 11 is 1.61. The molecule has 1 aliphatic rings. The van der Waals surface area contributed by atoms with Gasteiger partial charge in [0.25, 0.3) is 5.91 Å². The van der Waals surface area contributed by atoms with Gasteiger partial charge in [0, 0.05) is 24.4 Å². The number of anilines is 1. The third-order valence-corrected chi connectivity index (χ3v) is 6.35. The maximum Gasteiger partial charge on any atom is 0.253 e. The van der Waals surface area contributed by atoms with Crippen molar-refractivity contribution in [1.82, 2.24) is 30.4 Å². The predicted molar refractivity (Wildman–Crippen MR) is 123 cm³/mol. The van der Waals surface area contributed by atoms with Crippen molar-refractivity contribution in [3.63, 3.8) is 0 Å². The number of nitrogens with zero attached hydrogens (tertiary/aromatic N) is 6. The van der Waals surface area contributed by atoms with Crippen LogP contribution in [-0.2, 0) is 13.0 Å². The summed E-state index contributed by atoms with van der Waals surface area (Å²) in [5.41, 5.74) is 4.01. The summed E-state index contributed by atoms with van der Waals surface area (Å²) in [4.78, 5) is 12.6. The standard InChI is InChI=1S/C23H23N7OS/c1-2-5-20-25-27-23(32-20)24-14-15-8-10-16(11-9-15)18-6-3-4-7-19(18)21-26-28-29-30(21)22(31)17-12-13-17/h3-4,6-11,17H,2,5,12-14H2,1H3,(H,24,27). The Labute approximate surface area is 189 Å². The zero-order valence-electron chi connectivity index (χ0n) is 17.7. The molecule has 0 atom stereocenters. The average molecular weight is 446 g/mol. The van der Waals surface area contributed by atoms with Crippen molar-refractivity contribution in [2.24, 2.45) is 5.92 Å². The van der Waals surface area contributed by atoms with Crippen molar-refractivity contribution in [2.45, 2.75) is 39.2 Å². The zero-order chi connectivity index (χ0) is 21.9. The van der Waals surface area contributed by atoms with Gasteiger partial charge in [-0.1, -0.05) is 66.8 Å². The number of carbonyl (C=O) groups is 1. The summed E-state index contributed by atoms with van der Waals surface area (Å²) < 4.78 is 1.35. The molecule has 162 valence electrons. The Balaban J connectivity index is 1.35. The van der Waals surface area contributed by atoms with Crippen LogP contribution in [0.15, 0.2) is 48.5 Å². The summed E-state index contributed by atoms with van der Waals surface area (Å²) in [7, 11) is 0. The fourth-order valence-electron chi connectivity index (χ4n) is 3.56. The smallest absolute Gasteiger partial charge is 0.253 e. The minimum atomic E-state index is -0.0278. The number of hydrogen-bond donors (Lipinski definition) is 1. The second kappa shape index (κ2) is 8.96. The average Bonchev–Trinajstić information content (AvgIpc) is 3.39. The Bertz CT molecular complexity index is 1230. The lowest BCUT2D eigenvalue weighted by atomic mass is 9.98. The topological polar surface area (TPSA) is 98.5 Å². The molecule has 9 heteroatoms. The van der Waals surface area contributed by atoms with E-state index >= 15 is 0 Å². The number of carbonyl (C=O) groups excluding carboxylic acids is 1. The molecular weight excluding hydrogens is 422 g/mol. The van der Waals surface area contributed by atoms with Crippen molar-refractivity contribution < 1.29 is 4.79 Å². The highest BCUT2D eigenvalue weighted by atomic mass is 32.1. The number of nitrogens with one attached hydrogen (secondary N) is 1. The van der Waals surface area contributed by atoms with Crippen LogP contribution in [0, 0.1) is 5.92 Å². The quantitative estimate of drug-likeness (QED) is 0.399. The number of hydrogen-bond acceptors (Lipinski definition) is 8. The first kappa shape index (κ1) is 20.4. The van der Waals surface area contributed by atoms with Gasteiger partial charge < -0.3 is 5.32 Å². The van der Waals surface area contributed by atoms with E-state index in [9.17, 15) is 4.79 Å². The normalized spacial score (nSPS) is 13.3. The molecule has 0 radical (unpaired) electrons. The molecule has 1 fully saturated rings. The predicted octanol–water partition coefficient (Wildman–Crippen LogP) is 4.47. The van der Waals surface area contributed by atoms with E-state index in [1.165, 1.54) is 4.68 Å². The van der Waals surface area contributed by atoms with Crippen molar-refractivity contribution in [1.29, 1.82) is 0 Å². The summed E-state index contributed by atoms with van der Waals surface area (Å²) in [6, 6.07) is 16.2. The molecule has 0 unspecified atom stereocenters. The van der Waals surface area contributed by atoms with Crippen LogP contribution in [0.5, 0.6) is 0 Å². The van der Waals surface area contributed by atoms with Crippen LogP contribution in [-0.4, -0.2) is 36.3 Å². The molecule has 1 N–H and O–H groups in total. The molecule has 8 nitrogen and oxygen atoms in total. The van der Waals surface area contributed by atoms with Gasteiger partial charge in [-0.2, -0.15) is 4.68 Å². The van der Waals surface area contributed by atoms with E-state index in [2.05, 4.69) is 62.2 Å². The number of tetrazole rings is 1. The van der Waals surface area contributed by atoms with Gasteiger partial charge in [-0.3, -0.25) is 4.79 Å². The Morgan fingerprint density at radius 3 is 2.59 bits per heavy atom. The lowest BCUT2D eigenvalue weighted by molar-refractivity contribution is 0.0870. The Kier molecular flexibility index (Phi) is 5.72. The Hall–Kier alpha value is -3.46. The van der Waals surface area contributed by atoms with Crippen LogP contribution < -0.4 is 5.32 Å². The van der Waals surface area contributed by atoms with Gasteiger partial charge in [0.15, 0.2) is 5.82 Å². The number of aryl methyl sites for hydroxylation is 1. The van der Waals surface area contributed by atoms with Crippen LogP contribution >= 0.6 is 11.3 Å². The number of benzene rings is 2. The maximum absolute atomic E-state index is 12.6. The van der Waals surface area contributed by atoms with Gasteiger partial charge in [-0.15, -0.1) is 15.3 Å². The molecule has 1 aliphatic carbocycles. The van der Waals surface area contributed by atoms with Crippen molar-refractivity contribution in [2.75, 3.05) is 5.32 Å². The molecule has 1 saturated carbocycles. The highest BCUT2D eigenvalue weighted by Gasteiger charge is 2.33. The molecule has 0 bridgehead atoms. The SMILES string of the molecule is CCCc1nnc(NCc2ccc(-c3ccccc3-c3nnnn3C(=O)C3CC3)cc2)s1. The lowest BCUT2D eigenvalue weighted by Gasteiger charge is -2.10. The van der Waals surface area contributed by atoms with E-state index in [4.69, 9.17) is 0 Å². The first-order valence-electron chi connectivity index (χ1n) is 10.8. The monoisotopic (exact) mass is 445 g/mol. The summed E-state index contributed by atoms with van der Waals surface area (Å²) in [5, 5.41) is 25.5. The molecular formula is C23H23N7OS. The van der Waals surface area contributed by atoms with Crippen molar-refractivity contribution >= 4 is 22.4 Å². The molecule has 0 spiro atoms. The van der Waals surface area contributed by atoms with Gasteiger partial charge in [0.05, 0.1) is 0 Å². The summed E-state index contributed by atoms with van der Waals surface area (Å²) in [5.74, 6) is 0.504. The van der Waals surface area contributed by atoms with Crippen LogP contribution in [0.4, 0.5) is 5.13 Å². The van der Waals surface area contributed by atoms with E-state index in [1.54, 1.807) is 11.3 Å². The fourth-order valence-corrected chi connectivity index (χ4v) is 4.39. The molecule has 2 aromatic heterocycles. The first-order chi connectivity index (χ1) is 15.7. The highest BCUT2D eigenvalue weighted by molar-refractivity contribution is 7.15. The van der Waals surface area contributed by atoms with Crippen LogP contribution in [0.2, 0.25) is 0 Å². The Morgan fingerprint density at radius 2 is 1.84 bits per heavy atom. The molecule has 32 heavy (non-hydrogen) atoms. The molecule has 2 aromatic carbocycles. The van der Waals surface area contributed by atoms with E-state index < -0.39 is 0 Å². The molecule has 4 aromatic rings. The van der Waals surface area contributed by atoms with Gasteiger partial charge >= 0.3 is 0 Å². The molecule has 0 aliphatic heterocycles. The summed E-state index contributed by atoms with van der Waals surface area (Å²) in [6.45, 7) is 2.82. The second-order valence-corrected chi connectivity index (χ2v) is 8.94. The lowest BCUT2D eigenvalue weighted by Crippen LogP contribution is -2.16. The molecule has 0 saturated heterocycles.